The topological polar surface area (TPSA) is 102 Å². The minimum absolute atomic E-state index is 0.376. The van der Waals surface area contributed by atoms with Gasteiger partial charge in [0.1, 0.15) is 0 Å². The van der Waals surface area contributed by atoms with Crippen molar-refractivity contribution in [1.82, 2.24) is 13.5 Å². The van der Waals surface area contributed by atoms with E-state index in [0.29, 0.717) is 23.6 Å². The van der Waals surface area contributed by atoms with E-state index in [1.54, 1.807) is 25.2 Å². The zero-order valence-electron chi connectivity index (χ0n) is 18.5. The summed E-state index contributed by atoms with van der Waals surface area (Å²) in [6, 6.07) is 6.93. The van der Waals surface area contributed by atoms with E-state index in [9.17, 15) is 9.59 Å². The minimum Gasteiger partial charge on any atom is -0.298 e. The number of oxime groups is 1. The van der Waals surface area contributed by atoms with Gasteiger partial charge in [-0.2, -0.15) is 5.26 Å². The molecule has 3 amide bonds. The maximum atomic E-state index is 12.5. The number of hydrogen-bond donors (Lipinski definition) is 0. The second kappa shape index (κ2) is 12.2. The molecule has 0 aliphatic rings. The largest absolute Gasteiger partial charge is 0.447 e. The predicted octanol–water partition coefficient (Wildman–Crippen LogP) is 5.24. The molecular weight excluding hydrogens is 440 g/mol. The van der Waals surface area contributed by atoms with E-state index in [1.807, 2.05) is 20.8 Å². The molecule has 0 aliphatic heterocycles. The summed E-state index contributed by atoms with van der Waals surface area (Å²) in [7, 11) is 4.53. The SMILES string of the molecule is Cc1cc(Cl)ccc1N=CN(C)C(=O)N(C)SN(C)C(=O)ON=CC(C)(C)CCC#N. The van der Waals surface area contributed by atoms with Crippen LogP contribution in [-0.2, 0) is 4.84 Å². The lowest BCUT2D eigenvalue weighted by atomic mass is 9.90. The third kappa shape index (κ3) is 9.27. The zero-order chi connectivity index (χ0) is 23.6. The number of carbonyl (C=O) groups excluding carboxylic acids is 2. The fourth-order valence-corrected chi connectivity index (χ4v) is 3.04. The van der Waals surface area contributed by atoms with Crippen molar-refractivity contribution in [1.29, 1.82) is 5.26 Å². The van der Waals surface area contributed by atoms with Gasteiger partial charge in [-0.25, -0.2) is 18.9 Å². The molecule has 1 aromatic rings. The Morgan fingerprint density at radius 3 is 2.58 bits per heavy atom. The molecule has 1 rings (SSSR count). The second-order valence-corrected chi connectivity index (χ2v) is 9.08. The van der Waals surface area contributed by atoms with Crippen LogP contribution in [0.3, 0.4) is 0 Å². The first-order valence-corrected chi connectivity index (χ1v) is 10.4. The van der Waals surface area contributed by atoms with Crippen LogP contribution in [0.25, 0.3) is 0 Å². The maximum absolute atomic E-state index is 12.5. The molecule has 11 heteroatoms. The number of nitriles is 1. The molecule has 0 fully saturated rings. The fourth-order valence-electron chi connectivity index (χ4n) is 2.15. The average Bonchev–Trinajstić information content (AvgIpc) is 2.70. The quantitative estimate of drug-likeness (QED) is 0.171. The van der Waals surface area contributed by atoms with Gasteiger partial charge in [0, 0.05) is 38.0 Å². The van der Waals surface area contributed by atoms with Crippen molar-refractivity contribution in [3.63, 3.8) is 0 Å². The Labute approximate surface area is 192 Å². The van der Waals surface area contributed by atoms with Gasteiger partial charge in [-0.15, -0.1) is 0 Å². The molecule has 0 N–H and O–H groups in total. The molecule has 0 bridgehead atoms. The van der Waals surface area contributed by atoms with Gasteiger partial charge in [0.2, 0.25) is 0 Å². The number of urea groups is 1. The van der Waals surface area contributed by atoms with Gasteiger partial charge in [0.05, 0.1) is 36.4 Å². The number of hydrogen-bond acceptors (Lipinski definition) is 7. The first kappa shape index (κ1) is 26.3. The van der Waals surface area contributed by atoms with Crippen molar-refractivity contribution in [2.24, 2.45) is 15.6 Å². The van der Waals surface area contributed by atoms with E-state index in [-0.39, 0.29) is 5.41 Å². The van der Waals surface area contributed by atoms with Crippen LogP contribution in [0.2, 0.25) is 5.02 Å². The Hall–Kier alpha value is -2.77. The molecule has 31 heavy (non-hydrogen) atoms. The monoisotopic (exact) mass is 466 g/mol. The molecule has 1 aromatic carbocycles. The van der Waals surface area contributed by atoms with Crippen LogP contribution in [0.15, 0.2) is 28.3 Å². The molecule has 0 atom stereocenters. The molecule has 0 aromatic heterocycles. The lowest BCUT2D eigenvalue weighted by Crippen LogP contribution is -2.37. The van der Waals surface area contributed by atoms with Crippen molar-refractivity contribution in [3.05, 3.63) is 28.8 Å². The lowest BCUT2D eigenvalue weighted by Gasteiger charge is -2.24. The molecule has 0 radical (unpaired) electrons. The van der Waals surface area contributed by atoms with Crippen LogP contribution in [0.5, 0.6) is 0 Å². The van der Waals surface area contributed by atoms with E-state index in [4.69, 9.17) is 21.7 Å². The highest BCUT2D eigenvalue weighted by Gasteiger charge is 2.21. The predicted molar refractivity (Wildman–Crippen MR) is 124 cm³/mol. The molecule has 0 saturated heterocycles. The van der Waals surface area contributed by atoms with Gasteiger partial charge in [0.15, 0.2) is 0 Å². The molecule has 9 nitrogen and oxygen atoms in total. The van der Waals surface area contributed by atoms with Gasteiger partial charge in [-0.05, 0) is 37.1 Å². The number of benzene rings is 1. The van der Waals surface area contributed by atoms with Crippen LogP contribution >= 0.6 is 23.7 Å². The third-order valence-electron chi connectivity index (χ3n) is 4.02. The average molecular weight is 467 g/mol. The molecule has 0 heterocycles. The number of rotatable bonds is 8. The number of carbonyl (C=O) groups is 2. The summed E-state index contributed by atoms with van der Waals surface area (Å²) in [5.74, 6) is 0. The van der Waals surface area contributed by atoms with Crippen molar-refractivity contribution in [2.45, 2.75) is 33.6 Å². The van der Waals surface area contributed by atoms with E-state index in [1.165, 1.54) is 35.9 Å². The summed E-state index contributed by atoms with van der Waals surface area (Å²) < 4.78 is 2.38. The van der Waals surface area contributed by atoms with Gasteiger partial charge < -0.3 is 0 Å². The van der Waals surface area contributed by atoms with Gasteiger partial charge in [0.25, 0.3) is 0 Å². The van der Waals surface area contributed by atoms with E-state index in [0.717, 1.165) is 22.0 Å². The fraction of sp³-hybridized carbons (Fsp3) is 0.450. The van der Waals surface area contributed by atoms with Gasteiger partial charge >= 0.3 is 12.1 Å². The van der Waals surface area contributed by atoms with Crippen LogP contribution < -0.4 is 0 Å². The Bertz CT molecular complexity index is 884. The van der Waals surface area contributed by atoms with E-state index >= 15 is 0 Å². The van der Waals surface area contributed by atoms with Crippen LogP contribution in [0.4, 0.5) is 15.3 Å². The van der Waals surface area contributed by atoms with Crippen molar-refractivity contribution in [3.8, 4) is 6.07 Å². The highest BCUT2D eigenvalue weighted by Crippen LogP contribution is 2.22. The molecule has 168 valence electrons. The summed E-state index contributed by atoms with van der Waals surface area (Å²) in [5, 5.41) is 13.0. The van der Waals surface area contributed by atoms with Crippen LogP contribution in [0, 0.1) is 23.7 Å². The normalized spacial score (nSPS) is 11.4. The van der Waals surface area contributed by atoms with Crippen LogP contribution in [0.1, 0.15) is 32.3 Å². The number of halogens is 1. The van der Waals surface area contributed by atoms with Gasteiger partial charge in [-0.3, -0.25) is 14.0 Å². The van der Waals surface area contributed by atoms with Crippen molar-refractivity contribution < 1.29 is 14.4 Å². The minimum atomic E-state index is -0.745. The van der Waals surface area contributed by atoms with E-state index in [2.05, 4.69) is 16.2 Å². The number of aliphatic imine (C=N–C) groups is 1. The van der Waals surface area contributed by atoms with Crippen LogP contribution in [-0.4, -0.2) is 59.3 Å². The standard InChI is InChI=1S/C20H27ClN6O3S/c1-15-12-16(21)8-9-17(15)23-14-25(4)18(28)26(5)31-27(6)19(29)30-24-13-20(2,3)10-7-11-22/h8-9,12-14H,7,10H2,1-6H3. The highest BCUT2D eigenvalue weighted by atomic mass is 35.5. The Kier molecular flexibility index (Phi) is 10.3. The molecular formula is C20H27ClN6O3S. The number of amides is 3. The first-order chi connectivity index (χ1) is 14.5. The lowest BCUT2D eigenvalue weighted by molar-refractivity contribution is 0.135. The highest BCUT2D eigenvalue weighted by molar-refractivity contribution is 7.95. The zero-order valence-corrected chi connectivity index (χ0v) is 20.1. The number of aryl methyl sites for hydroxylation is 1. The molecule has 0 saturated carbocycles. The Balaban J connectivity index is 2.59. The third-order valence-corrected chi connectivity index (χ3v) is 5.05. The molecule has 0 unspecified atom stereocenters. The van der Waals surface area contributed by atoms with Gasteiger partial charge in [-0.1, -0.05) is 30.6 Å². The Morgan fingerprint density at radius 2 is 1.97 bits per heavy atom. The molecule has 0 aliphatic carbocycles. The van der Waals surface area contributed by atoms with E-state index < -0.39 is 12.1 Å². The first-order valence-electron chi connectivity index (χ1n) is 9.32. The second-order valence-electron chi connectivity index (χ2n) is 7.38. The number of nitrogens with zero attached hydrogens (tertiary/aromatic N) is 6. The van der Waals surface area contributed by atoms with Crippen molar-refractivity contribution >= 4 is 54.1 Å². The summed E-state index contributed by atoms with van der Waals surface area (Å²) >= 11 is 6.78. The summed E-state index contributed by atoms with van der Waals surface area (Å²) in [6.07, 6.45) is 3.10. The smallest absolute Gasteiger partial charge is 0.298 e. The maximum Gasteiger partial charge on any atom is 0.447 e. The summed E-state index contributed by atoms with van der Waals surface area (Å²) in [6.45, 7) is 5.64. The summed E-state index contributed by atoms with van der Waals surface area (Å²) in [5.41, 5.74) is 1.20. The molecule has 0 spiro atoms. The summed E-state index contributed by atoms with van der Waals surface area (Å²) in [4.78, 5) is 35.0. The Morgan fingerprint density at radius 1 is 1.29 bits per heavy atom. The van der Waals surface area contributed by atoms with Crippen molar-refractivity contribution in [2.75, 3.05) is 21.1 Å².